The molecule has 30 heavy (non-hydrogen) atoms. The number of ether oxygens (including phenoxy) is 1. The summed E-state index contributed by atoms with van der Waals surface area (Å²) in [6.45, 7) is 1.31. The van der Waals surface area contributed by atoms with Gasteiger partial charge in [-0.3, -0.25) is 4.79 Å². The Morgan fingerprint density at radius 3 is 1.83 bits per heavy atom. The van der Waals surface area contributed by atoms with Crippen LogP contribution < -0.4 is 10.1 Å². The van der Waals surface area contributed by atoms with Crippen molar-refractivity contribution >= 4 is 11.6 Å². The molecule has 1 N–H and O–H groups in total. The summed E-state index contributed by atoms with van der Waals surface area (Å²) in [5.41, 5.74) is -0.583. The number of nitrogens with one attached hydrogen (secondary N) is 1. The average Bonchev–Trinajstić information content (AvgIpc) is 2.60. The zero-order chi connectivity index (χ0) is 23.9. The van der Waals surface area contributed by atoms with Crippen molar-refractivity contribution in [2.45, 2.75) is 43.0 Å². The molecule has 0 aromatic heterocycles. The third-order valence-corrected chi connectivity index (χ3v) is 3.76. The van der Waals surface area contributed by atoms with Crippen molar-refractivity contribution in [1.29, 1.82) is 0 Å². The van der Waals surface area contributed by atoms with E-state index in [1.165, 1.54) is 13.0 Å². The monoisotopic (exact) mass is 465 g/mol. The highest BCUT2D eigenvalue weighted by molar-refractivity contribution is 5.98. The Morgan fingerprint density at radius 2 is 1.40 bits per heavy atom. The number of carbonyl (C=O) groups is 1. The van der Waals surface area contributed by atoms with Gasteiger partial charge in [0.2, 0.25) is 0 Å². The number of methoxy groups -OCH3 is 1. The maximum absolute atomic E-state index is 13.8. The molecule has 1 aromatic rings. The molecule has 172 valence electrons. The highest BCUT2D eigenvalue weighted by Crippen LogP contribution is 2.58. The summed E-state index contributed by atoms with van der Waals surface area (Å²) in [7, 11) is 0.925. The Bertz CT molecular complexity index is 794. The summed E-state index contributed by atoms with van der Waals surface area (Å²) in [6.07, 6.45) is -5.62. The van der Waals surface area contributed by atoms with Gasteiger partial charge < -0.3 is 10.1 Å². The van der Waals surface area contributed by atoms with E-state index in [4.69, 9.17) is 0 Å². The zero-order valence-electron chi connectivity index (χ0n) is 14.7. The van der Waals surface area contributed by atoms with Gasteiger partial charge in [-0.25, -0.2) is 8.78 Å². The fourth-order valence-electron chi connectivity index (χ4n) is 2.00. The van der Waals surface area contributed by atoms with Gasteiger partial charge in [-0.2, -0.15) is 43.9 Å². The molecule has 0 aliphatic rings. The number of amides is 1. The van der Waals surface area contributed by atoms with Gasteiger partial charge in [0, 0.05) is 0 Å². The molecule has 0 fully saturated rings. The Morgan fingerprint density at radius 1 is 0.900 bits per heavy atom. The molecule has 1 aromatic carbocycles. The predicted octanol–water partition coefficient (Wildman–Crippen LogP) is 5.38. The van der Waals surface area contributed by atoms with Gasteiger partial charge in [0.1, 0.15) is 5.75 Å². The molecule has 0 radical (unpaired) electrons. The minimum Gasteiger partial charge on any atom is -0.495 e. The maximum atomic E-state index is 13.8. The number of hydrogen-bond donors (Lipinski definition) is 1. The largest absolute Gasteiger partial charge is 0.495 e. The zero-order valence-corrected chi connectivity index (χ0v) is 14.7. The van der Waals surface area contributed by atoms with Crippen molar-refractivity contribution in [2.24, 2.45) is 0 Å². The number of alkyl halides is 12. The molecule has 0 aliphatic carbocycles. The second-order valence-electron chi connectivity index (χ2n) is 5.88. The molecule has 15 heteroatoms. The van der Waals surface area contributed by atoms with Crippen molar-refractivity contribution in [3.05, 3.63) is 23.8 Å². The van der Waals surface area contributed by atoms with Crippen LogP contribution in [-0.4, -0.2) is 49.1 Å². The summed E-state index contributed by atoms with van der Waals surface area (Å²) in [4.78, 5) is 11.5. The van der Waals surface area contributed by atoms with E-state index in [-0.39, 0.29) is 5.56 Å². The van der Waals surface area contributed by atoms with Crippen molar-refractivity contribution in [3.8, 4) is 5.75 Å². The van der Waals surface area contributed by atoms with E-state index in [2.05, 4.69) is 4.74 Å². The lowest BCUT2D eigenvalue weighted by atomic mass is 9.94. The van der Waals surface area contributed by atoms with Gasteiger partial charge in [-0.15, -0.1) is 0 Å². The number of benzene rings is 1. The highest BCUT2D eigenvalue weighted by Gasteiger charge is 2.89. The smallest absolute Gasteiger partial charge is 0.393 e. The maximum Gasteiger partial charge on any atom is 0.393 e. The molecule has 0 heterocycles. The molecular formula is C15H11F12NO2. The lowest BCUT2D eigenvalue weighted by Crippen LogP contribution is -2.70. The van der Waals surface area contributed by atoms with Crippen LogP contribution in [-0.2, 0) is 4.79 Å². The number of halogens is 12. The van der Waals surface area contributed by atoms with Crippen LogP contribution in [0.1, 0.15) is 5.56 Å². The van der Waals surface area contributed by atoms with E-state index in [0.29, 0.717) is 0 Å². The van der Waals surface area contributed by atoms with Gasteiger partial charge in [0.25, 0.3) is 0 Å². The topological polar surface area (TPSA) is 38.3 Å². The van der Waals surface area contributed by atoms with Crippen LogP contribution in [0.25, 0.3) is 0 Å². The van der Waals surface area contributed by atoms with E-state index < -0.39 is 53.4 Å². The van der Waals surface area contributed by atoms with Crippen LogP contribution in [0.4, 0.5) is 58.4 Å². The molecule has 0 unspecified atom stereocenters. The second-order valence-corrected chi connectivity index (χ2v) is 5.88. The first-order valence-electron chi connectivity index (χ1n) is 7.42. The van der Waals surface area contributed by atoms with Crippen molar-refractivity contribution in [2.75, 3.05) is 12.4 Å². The summed E-state index contributed by atoms with van der Waals surface area (Å²) in [5, 5.41) is 1.03. The van der Waals surface area contributed by atoms with E-state index in [1.807, 2.05) is 0 Å². The Balaban J connectivity index is 3.42. The SMILES string of the molecule is COc1ccc(C)cc1NC(=O)C(F)(F)C(F)(F)C(F)(F)C(F)(F)C(F)(F)C(F)F. The van der Waals surface area contributed by atoms with Crippen LogP contribution in [0.3, 0.4) is 0 Å². The molecule has 0 bridgehead atoms. The molecular weight excluding hydrogens is 454 g/mol. The molecule has 3 nitrogen and oxygen atoms in total. The lowest BCUT2D eigenvalue weighted by molar-refractivity contribution is -0.406. The Kier molecular flexibility index (Phi) is 6.61. The van der Waals surface area contributed by atoms with Crippen molar-refractivity contribution in [3.63, 3.8) is 0 Å². The summed E-state index contributed by atoms with van der Waals surface area (Å²) in [6, 6.07) is 3.14. The van der Waals surface area contributed by atoms with Gasteiger partial charge >= 0.3 is 41.9 Å². The summed E-state index contributed by atoms with van der Waals surface area (Å²) >= 11 is 0. The molecule has 1 rings (SSSR count). The lowest BCUT2D eigenvalue weighted by Gasteiger charge is -2.38. The van der Waals surface area contributed by atoms with Gasteiger partial charge in [0.15, 0.2) is 0 Å². The first-order valence-corrected chi connectivity index (χ1v) is 7.42. The van der Waals surface area contributed by atoms with E-state index in [9.17, 15) is 57.5 Å². The van der Waals surface area contributed by atoms with Crippen LogP contribution in [0.15, 0.2) is 18.2 Å². The van der Waals surface area contributed by atoms with Crippen LogP contribution >= 0.6 is 0 Å². The molecule has 0 spiro atoms. The molecule has 0 aliphatic heterocycles. The van der Waals surface area contributed by atoms with Gasteiger partial charge in [0.05, 0.1) is 12.8 Å². The van der Waals surface area contributed by atoms with Gasteiger partial charge in [-0.05, 0) is 24.6 Å². The fourth-order valence-corrected chi connectivity index (χ4v) is 2.00. The number of anilines is 1. The molecule has 1 amide bonds. The fraction of sp³-hybridized carbons (Fsp3) is 0.533. The normalized spacial score (nSPS) is 14.1. The summed E-state index contributed by atoms with van der Waals surface area (Å²) in [5.74, 6) is -40.6. The average molecular weight is 465 g/mol. The number of aryl methyl sites for hydroxylation is 1. The number of hydrogen-bond acceptors (Lipinski definition) is 2. The van der Waals surface area contributed by atoms with E-state index in [1.54, 1.807) is 0 Å². The van der Waals surface area contributed by atoms with Crippen LogP contribution in [0.5, 0.6) is 5.75 Å². The van der Waals surface area contributed by atoms with Crippen molar-refractivity contribution < 1.29 is 62.2 Å². The molecule has 0 atom stereocenters. The Hall–Kier alpha value is -2.35. The first-order chi connectivity index (χ1) is 13.3. The standard InChI is InChI=1S/C15H11F12NO2/c1-6-3-4-8(30-2)7(5-6)28-10(29)12(20,21)14(24,25)15(26,27)13(22,23)11(18,19)9(16)17/h3-5,9H,1-2H3,(H,28,29). The number of rotatable bonds is 8. The van der Waals surface area contributed by atoms with E-state index in [0.717, 1.165) is 24.6 Å². The van der Waals surface area contributed by atoms with Crippen LogP contribution in [0.2, 0.25) is 0 Å². The van der Waals surface area contributed by atoms with Crippen LogP contribution in [0, 0.1) is 6.92 Å². The minimum absolute atomic E-state index is 0.203. The second kappa shape index (κ2) is 7.72. The number of carbonyl (C=O) groups excluding carboxylic acids is 1. The predicted molar refractivity (Wildman–Crippen MR) is 77.1 cm³/mol. The molecule has 0 saturated heterocycles. The Labute approximate surface area is 160 Å². The first kappa shape index (κ1) is 25.7. The quantitative estimate of drug-likeness (QED) is 0.524. The third-order valence-electron chi connectivity index (χ3n) is 3.76. The van der Waals surface area contributed by atoms with E-state index >= 15 is 0 Å². The van der Waals surface area contributed by atoms with Gasteiger partial charge in [-0.1, -0.05) is 6.07 Å². The highest BCUT2D eigenvalue weighted by atomic mass is 19.4. The third kappa shape index (κ3) is 3.73. The molecule has 0 saturated carbocycles. The van der Waals surface area contributed by atoms with Crippen molar-refractivity contribution in [1.82, 2.24) is 0 Å². The summed E-state index contributed by atoms with van der Waals surface area (Å²) < 4.78 is 162. The minimum atomic E-state index is -7.78.